The molecular formula is C82H93Br2Cl2F3N16O9. The minimum absolute atomic E-state index is 0.0916. The molecule has 8 aliphatic heterocycles. The van der Waals surface area contributed by atoms with Gasteiger partial charge in [-0.25, -0.2) is 13.2 Å². The van der Waals surface area contributed by atoms with E-state index in [2.05, 4.69) is 74.4 Å². The van der Waals surface area contributed by atoms with Gasteiger partial charge in [0.05, 0.1) is 61.1 Å². The predicted molar refractivity (Wildman–Crippen MR) is 448 cm³/mol. The summed E-state index contributed by atoms with van der Waals surface area (Å²) in [6.45, 7) is 1.67. The number of hydrogen-bond donors (Lipinski definition) is 16. The third kappa shape index (κ3) is 25.2. The third-order valence-corrected chi connectivity index (χ3v) is 21.2. The van der Waals surface area contributed by atoms with Crippen molar-refractivity contribution >= 4 is 148 Å². The molecule has 0 radical (unpaired) electrons. The lowest BCUT2D eigenvalue weighted by Gasteiger charge is -2.09. The Morgan fingerprint density at radius 2 is 0.605 bits per heavy atom. The molecule has 0 spiro atoms. The monoisotopic (exact) mass is 1730 g/mol. The van der Waals surface area contributed by atoms with Gasteiger partial charge in [0, 0.05) is 64.9 Å². The molecular weight excluding hydrogens is 1640 g/mol. The van der Waals surface area contributed by atoms with Crippen LogP contribution in [-0.2, 0) is 89.7 Å². The summed E-state index contributed by atoms with van der Waals surface area (Å²) in [5.74, 6) is -1.55. The van der Waals surface area contributed by atoms with E-state index in [1.165, 1.54) is 24.3 Å². The van der Waals surface area contributed by atoms with Gasteiger partial charge in [-0.15, -0.1) is 0 Å². The minimum atomic E-state index is -0.544. The van der Waals surface area contributed by atoms with Gasteiger partial charge in [0.15, 0.2) is 0 Å². The number of aryl methyl sites for hydroxylation is 9. The minimum Gasteiger partial charge on any atom is -0.497 e. The highest BCUT2D eigenvalue weighted by molar-refractivity contribution is 9.10. The second kappa shape index (κ2) is 41.6. The third-order valence-electron chi connectivity index (χ3n) is 19.7. The normalized spacial score (nSPS) is 20.8. The lowest BCUT2D eigenvalue weighted by atomic mass is 10.0. The number of hydrogen-bond acceptors (Lipinski definition) is 17. The van der Waals surface area contributed by atoms with Crippen molar-refractivity contribution in [2.75, 3.05) is 49.6 Å². The van der Waals surface area contributed by atoms with Crippen LogP contribution in [0.5, 0.6) is 5.75 Å². The Morgan fingerprint density at radius 1 is 0.316 bits per heavy atom. The first-order valence-electron chi connectivity index (χ1n) is 37.0. The molecule has 8 heterocycles. The van der Waals surface area contributed by atoms with Crippen LogP contribution in [0.15, 0.2) is 148 Å². The van der Waals surface area contributed by atoms with E-state index in [-0.39, 0.29) is 76.8 Å². The number of carbonyl (C=O) groups excluding carboxylic acids is 8. The molecule has 0 aromatic heterocycles. The topological polar surface area (TPSA) is 450 Å². The van der Waals surface area contributed by atoms with E-state index in [0.29, 0.717) is 103 Å². The highest BCUT2D eigenvalue weighted by atomic mass is 79.9. The van der Waals surface area contributed by atoms with E-state index in [0.717, 1.165) is 120 Å². The van der Waals surface area contributed by atoms with Crippen molar-refractivity contribution in [2.45, 2.75) is 158 Å². The van der Waals surface area contributed by atoms with Gasteiger partial charge in [0.2, 0.25) is 47.3 Å². The Balaban J connectivity index is 0.000000149. The fraction of sp³-hybridized carbons (Fsp3) is 0.317. The Bertz CT molecular complexity index is 4530. The van der Waals surface area contributed by atoms with E-state index in [4.69, 9.17) is 73.8 Å². The number of fused-ring (bicyclic) bond motifs is 8. The molecule has 8 aromatic rings. The van der Waals surface area contributed by atoms with E-state index in [1.54, 1.807) is 44.4 Å². The zero-order valence-corrected chi connectivity index (χ0v) is 67.3. The van der Waals surface area contributed by atoms with Crippen molar-refractivity contribution < 1.29 is 56.3 Å². The second-order valence-electron chi connectivity index (χ2n) is 28.1. The average Bonchev–Trinajstić information content (AvgIpc) is 1.54. The van der Waals surface area contributed by atoms with Crippen LogP contribution in [0.3, 0.4) is 0 Å². The molecule has 8 atom stereocenters. The summed E-state index contributed by atoms with van der Waals surface area (Å²) in [5, 5.41) is 23.1. The molecule has 32 heteroatoms. The van der Waals surface area contributed by atoms with Crippen LogP contribution in [0.4, 0.5) is 58.7 Å². The highest BCUT2D eigenvalue weighted by Gasteiger charge is 2.28. The van der Waals surface area contributed by atoms with Gasteiger partial charge in [0.25, 0.3) is 0 Å². The molecule has 8 amide bonds. The molecule has 8 aliphatic rings. The van der Waals surface area contributed by atoms with Crippen molar-refractivity contribution in [2.24, 2.45) is 45.9 Å². The molecule has 0 saturated carbocycles. The first-order valence-corrected chi connectivity index (χ1v) is 39.3. The Kier molecular flexibility index (Phi) is 32.2. The molecule has 604 valence electrons. The molecule has 0 saturated heterocycles. The standard InChI is InChI=1S/C11H13FN2O.C11H14N2O2.2C10H11BrN2O.2C10H11ClN2O.2C10H11FN2O/c1-6-2-3-7-4-5-8(13)11(15)14-10(7)9(6)12;1-15-8-4-2-7-3-5-9(12)11(14)13-10(7)6-8;11-7-2-4-9-6(5-7)1-3-8(12)10(14)13-9;11-7-3-1-6-2-4-8(12)10(14)13-9(6)5-7;11-7-2-4-9-6(5-7)1-3-8(12)10(14)13-9;11-7-3-1-6-2-4-8(12)10(14)13-9(6)5-7;11-7-2-4-9-6(5-7)1-3-8(12)10(14)13-9;11-7-3-1-6-2-4-8(12)10(14)13-9(6)5-7/h2-3,8H,4-5,13H2,1H3,(H,14,15);2,4,6,9H,3,5,12H2,1H3,(H,13,14);2,4-5,8H,1,3,12H2,(H,13,14);1,3,5,8H,2,4,12H2,(H,13,14);2,4-5,8H,1,3,12H2,(H,13,14);1,3,5,8H,2,4,12H2,(H,13,14);2,4-5,8H,1,3,12H2,(H,13,14);1,3,5,8H,2,4,12H2,(H,13,14)/t8-;9-;6*8-/m00000000/s1. The Labute approximate surface area is 685 Å². The number of benzene rings is 8. The molecule has 114 heavy (non-hydrogen) atoms. The molecule has 0 unspecified atom stereocenters. The van der Waals surface area contributed by atoms with E-state index in [1.807, 2.05) is 84.9 Å². The number of rotatable bonds is 1. The maximum atomic E-state index is 13.7. The van der Waals surface area contributed by atoms with Gasteiger partial charge < -0.3 is 93.1 Å². The number of anilines is 8. The summed E-state index contributed by atoms with van der Waals surface area (Å²) in [7, 11) is 1.60. The summed E-state index contributed by atoms with van der Waals surface area (Å²) in [4.78, 5) is 91.3. The number of ether oxygens (including phenoxy) is 1. The lowest BCUT2D eigenvalue weighted by Crippen LogP contribution is -2.34. The summed E-state index contributed by atoms with van der Waals surface area (Å²) in [6, 6.07) is 37.1. The number of methoxy groups -OCH3 is 1. The van der Waals surface area contributed by atoms with Crippen molar-refractivity contribution in [3.8, 4) is 5.75 Å². The zero-order chi connectivity index (χ0) is 82.6. The number of halogens is 7. The first-order chi connectivity index (χ1) is 54.3. The van der Waals surface area contributed by atoms with Gasteiger partial charge in [-0.1, -0.05) is 91.5 Å². The van der Waals surface area contributed by atoms with Crippen LogP contribution in [0.1, 0.15) is 101 Å². The van der Waals surface area contributed by atoms with Crippen LogP contribution in [-0.4, -0.2) is 103 Å². The quantitative estimate of drug-likeness (QED) is 0.0726. The molecule has 0 fully saturated rings. The van der Waals surface area contributed by atoms with Crippen LogP contribution in [0, 0.1) is 24.4 Å². The molecule has 24 N–H and O–H groups in total. The Morgan fingerprint density at radius 3 is 1.07 bits per heavy atom. The van der Waals surface area contributed by atoms with Gasteiger partial charge in [0.1, 0.15) is 23.2 Å². The molecule has 25 nitrogen and oxygen atoms in total. The number of nitrogens with two attached hydrogens (primary N) is 8. The van der Waals surface area contributed by atoms with Gasteiger partial charge in [-0.2, -0.15) is 0 Å². The SMILES string of the molecule is COc1ccc2c(c1)NC(=O)[C@@H](N)CC2.Cc1ccc2c(c1F)NC(=O)[C@@H](N)CC2.N[C@H]1CCc2cc(Br)ccc2NC1=O.N[C@H]1CCc2cc(Cl)ccc2NC1=O.N[C@H]1CCc2cc(F)ccc2NC1=O.N[C@H]1CCc2ccc(Br)cc2NC1=O.N[C@H]1CCc2ccc(Cl)cc2NC1=O.N[C@H]1CCc2ccc(F)cc2NC1=O. The lowest BCUT2D eigenvalue weighted by molar-refractivity contribution is -0.118. The second-order valence-corrected chi connectivity index (χ2v) is 30.8. The number of nitrogens with one attached hydrogen (secondary N) is 8. The zero-order valence-electron chi connectivity index (χ0n) is 62.7. The summed E-state index contributed by atoms with van der Waals surface area (Å²) in [6.07, 6.45) is 11.2. The average molecular weight is 1730 g/mol. The molecule has 8 aromatic carbocycles. The summed E-state index contributed by atoms with van der Waals surface area (Å²) < 4.78 is 46.5. The van der Waals surface area contributed by atoms with E-state index >= 15 is 0 Å². The fourth-order valence-electron chi connectivity index (χ4n) is 12.7. The van der Waals surface area contributed by atoms with Crippen LogP contribution in [0.2, 0.25) is 10.0 Å². The molecule has 0 bridgehead atoms. The van der Waals surface area contributed by atoms with Crippen molar-refractivity contribution in [1.82, 2.24) is 0 Å². The summed E-state index contributed by atoms with van der Waals surface area (Å²) in [5.41, 5.74) is 59.5. The van der Waals surface area contributed by atoms with Crippen LogP contribution < -0.4 is 93.1 Å². The van der Waals surface area contributed by atoms with Crippen molar-refractivity contribution in [3.63, 3.8) is 0 Å². The van der Waals surface area contributed by atoms with Gasteiger partial charge in [-0.05, 0) is 257 Å². The maximum Gasteiger partial charge on any atom is 0.241 e. The van der Waals surface area contributed by atoms with Gasteiger partial charge in [-0.3, -0.25) is 38.4 Å². The maximum absolute atomic E-state index is 13.7. The Hall–Kier alpha value is -9.67. The fourth-order valence-corrected chi connectivity index (χ4v) is 13.9. The number of amides is 8. The van der Waals surface area contributed by atoms with Gasteiger partial charge >= 0.3 is 0 Å². The number of carbonyl (C=O) groups is 8. The van der Waals surface area contributed by atoms with E-state index < -0.39 is 36.3 Å². The van der Waals surface area contributed by atoms with Crippen molar-refractivity contribution in [1.29, 1.82) is 0 Å². The predicted octanol–water partition coefficient (Wildman–Crippen LogP) is 10.8. The molecule has 0 aliphatic carbocycles. The van der Waals surface area contributed by atoms with E-state index in [9.17, 15) is 51.5 Å². The highest BCUT2D eigenvalue weighted by Crippen LogP contribution is 2.33. The van der Waals surface area contributed by atoms with Crippen LogP contribution in [0.25, 0.3) is 0 Å². The summed E-state index contributed by atoms with van der Waals surface area (Å²) >= 11 is 18.5. The first kappa shape index (κ1) is 88.3. The largest absolute Gasteiger partial charge is 0.497 e. The smallest absolute Gasteiger partial charge is 0.241 e. The van der Waals surface area contributed by atoms with Crippen molar-refractivity contribution in [3.05, 3.63) is 226 Å². The van der Waals surface area contributed by atoms with Crippen LogP contribution >= 0.6 is 55.1 Å². The molecule has 16 rings (SSSR count).